The molecule has 0 bridgehead atoms. The van der Waals surface area contributed by atoms with Gasteiger partial charge in [0, 0.05) is 24.2 Å². The van der Waals surface area contributed by atoms with Gasteiger partial charge in [0.15, 0.2) is 0 Å². The highest BCUT2D eigenvalue weighted by atomic mass is 16.3. The molecule has 3 aromatic heterocycles. The van der Waals surface area contributed by atoms with E-state index in [2.05, 4.69) is 22.2 Å². The molecule has 1 N–H and O–H groups in total. The molecule has 0 spiro atoms. The predicted molar refractivity (Wildman–Crippen MR) is 66.8 cm³/mol. The number of nitrogens with zero attached hydrogens (tertiary/aromatic N) is 1. The van der Waals surface area contributed by atoms with E-state index in [4.69, 9.17) is 4.42 Å². The second-order valence-electron chi connectivity index (χ2n) is 4.15. The molecule has 0 aliphatic rings. The lowest BCUT2D eigenvalue weighted by Gasteiger charge is -1.98. The van der Waals surface area contributed by atoms with Crippen LogP contribution >= 0.6 is 0 Å². The fraction of sp³-hybridized carbons (Fsp3) is 0.214. The molecule has 3 heteroatoms. The molecule has 0 fully saturated rings. The van der Waals surface area contributed by atoms with Crippen molar-refractivity contribution in [2.45, 2.75) is 19.3 Å². The first kappa shape index (κ1) is 10.1. The first-order valence-electron chi connectivity index (χ1n) is 5.87. The average Bonchev–Trinajstić information content (AvgIpc) is 2.99. The van der Waals surface area contributed by atoms with Crippen LogP contribution in [0.4, 0.5) is 0 Å². The topological polar surface area (TPSA) is 41.8 Å². The van der Waals surface area contributed by atoms with Crippen LogP contribution in [-0.4, -0.2) is 9.97 Å². The maximum Gasteiger partial charge on any atom is 0.137 e. The van der Waals surface area contributed by atoms with Gasteiger partial charge in [0.05, 0.1) is 6.26 Å². The van der Waals surface area contributed by atoms with Crippen molar-refractivity contribution in [3.05, 3.63) is 54.2 Å². The fourth-order valence-corrected chi connectivity index (χ4v) is 2.13. The Labute approximate surface area is 99.5 Å². The maximum absolute atomic E-state index is 5.32. The molecule has 3 heterocycles. The number of aryl methyl sites for hydroxylation is 2. The van der Waals surface area contributed by atoms with Gasteiger partial charge in [0.2, 0.25) is 0 Å². The molecule has 0 aliphatic heterocycles. The molecular formula is C14H14N2O. The molecule has 0 saturated heterocycles. The van der Waals surface area contributed by atoms with Gasteiger partial charge in [-0.15, -0.1) is 0 Å². The lowest BCUT2D eigenvalue weighted by molar-refractivity contribution is 0.502. The first-order valence-corrected chi connectivity index (χ1v) is 5.87. The molecule has 0 atom stereocenters. The van der Waals surface area contributed by atoms with Gasteiger partial charge in [-0.2, -0.15) is 0 Å². The molecule has 0 unspecified atom stereocenters. The van der Waals surface area contributed by atoms with Crippen LogP contribution in [0, 0.1) is 0 Å². The van der Waals surface area contributed by atoms with Crippen molar-refractivity contribution in [3.8, 4) is 0 Å². The van der Waals surface area contributed by atoms with Crippen molar-refractivity contribution < 1.29 is 4.42 Å². The molecule has 0 radical (unpaired) electrons. The number of fused-ring (bicyclic) bond motifs is 1. The summed E-state index contributed by atoms with van der Waals surface area (Å²) in [5.41, 5.74) is 2.31. The van der Waals surface area contributed by atoms with Crippen molar-refractivity contribution in [3.63, 3.8) is 0 Å². The minimum absolute atomic E-state index is 0.973. The van der Waals surface area contributed by atoms with Gasteiger partial charge in [-0.05, 0) is 42.7 Å². The van der Waals surface area contributed by atoms with E-state index < -0.39 is 0 Å². The number of H-pyrrole nitrogens is 1. The van der Waals surface area contributed by atoms with Crippen LogP contribution in [0.2, 0.25) is 0 Å². The fourth-order valence-electron chi connectivity index (χ4n) is 2.13. The molecule has 3 rings (SSSR count). The number of aromatic nitrogens is 2. The van der Waals surface area contributed by atoms with Gasteiger partial charge in [-0.3, -0.25) is 0 Å². The number of nitrogens with one attached hydrogen (secondary N) is 1. The molecule has 3 nitrogen and oxygen atoms in total. The van der Waals surface area contributed by atoms with Gasteiger partial charge in [-0.1, -0.05) is 0 Å². The number of hydrogen-bond acceptors (Lipinski definition) is 2. The van der Waals surface area contributed by atoms with Crippen LogP contribution in [0.5, 0.6) is 0 Å². The normalized spacial score (nSPS) is 11.1. The Hall–Kier alpha value is -2.03. The zero-order chi connectivity index (χ0) is 11.5. The standard InChI is InChI=1S/C14H14N2O/c1(5-12-6-3-9-17-12)4-11-10-16-14-13(11)7-2-8-15-14/h2-3,6-10H,1,4-5H2,(H,15,16). The molecule has 0 aromatic carbocycles. The van der Waals surface area contributed by atoms with E-state index in [1.54, 1.807) is 6.26 Å². The summed E-state index contributed by atoms with van der Waals surface area (Å²) < 4.78 is 5.32. The molecule has 86 valence electrons. The average molecular weight is 226 g/mol. The first-order chi connectivity index (χ1) is 8.43. The van der Waals surface area contributed by atoms with Crippen molar-refractivity contribution >= 4 is 11.0 Å². The van der Waals surface area contributed by atoms with E-state index in [1.807, 2.05) is 24.4 Å². The summed E-state index contributed by atoms with van der Waals surface area (Å²) in [6.45, 7) is 0. The van der Waals surface area contributed by atoms with Crippen molar-refractivity contribution in [2.75, 3.05) is 0 Å². The van der Waals surface area contributed by atoms with Gasteiger partial charge in [0.25, 0.3) is 0 Å². The quantitative estimate of drug-likeness (QED) is 0.741. The second kappa shape index (κ2) is 4.45. The summed E-state index contributed by atoms with van der Waals surface area (Å²) in [7, 11) is 0. The van der Waals surface area contributed by atoms with E-state index in [0.29, 0.717) is 0 Å². The lowest BCUT2D eigenvalue weighted by atomic mass is 10.1. The van der Waals surface area contributed by atoms with Gasteiger partial charge in [-0.25, -0.2) is 4.98 Å². The zero-order valence-corrected chi connectivity index (χ0v) is 9.52. The Morgan fingerprint density at radius 1 is 1.18 bits per heavy atom. The summed E-state index contributed by atoms with van der Waals surface area (Å²) in [6, 6.07) is 8.05. The highest BCUT2D eigenvalue weighted by Crippen LogP contribution is 2.18. The number of aromatic amines is 1. The third kappa shape index (κ3) is 2.09. The van der Waals surface area contributed by atoms with Crippen LogP contribution in [-0.2, 0) is 12.8 Å². The van der Waals surface area contributed by atoms with Crippen LogP contribution in [0.25, 0.3) is 11.0 Å². The molecule has 0 saturated carbocycles. The maximum atomic E-state index is 5.32. The van der Waals surface area contributed by atoms with Crippen molar-refractivity contribution in [1.82, 2.24) is 9.97 Å². The van der Waals surface area contributed by atoms with Crippen LogP contribution in [0.1, 0.15) is 17.7 Å². The van der Waals surface area contributed by atoms with Gasteiger partial charge < -0.3 is 9.40 Å². The Balaban J connectivity index is 1.69. The Morgan fingerprint density at radius 2 is 2.18 bits per heavy atom. The molecule has 17 heavy (non-hydrogen) atoms. The van der Waals surface area contributed by atoms with E-state index in [9.17, 15) is 0 Å². The smallest absolute Gasteiger partial charge is 0.137 e. The highest BCUT2D eigenvalue weighted by molar-refractivity contribution is 5.79. The number of hydrogen-bond donors (Lipinski definition) is 1. The summed E-state index contributed by atoms with van der Waals surface area (Å²) in [4.78, 5) is 7.48. The predicted octanol–water partition coefficient (Wildman–Crippen LogP) is 3.33. The van der Waals surface area contributed by atoms with Crippen molar-refractivity contribution in [2.24, 2.45) is 0 Å². The SMILES string of the molecule is c1coc(CCCc2c[nH]c3ncccc23)c1. The number of furan rings is 1. The number of rotatable bonds is 4. The largest absolute Gasteiger partial charge is 0.469 e. The van der Waals surface area contributed by atoms with Crippen LogP contribution < -0.4 is 0 Å². The summed E-state index contributed by atoms with van der Waals surface area (Å²) in [6.07, 6.45) is 8.72. The van der Waals surface area contributed by atoms with Crippen LogP contribution in [0.3, 0.4) is 0 Å². The Kier molecular flexibility index (Phi) is 2.66. The Morgan fingerprint density at radius 3 is 3.06 bits per heavy atom. The van der Waals surface area contributed by atoms with E-state index >= 15 is 0 Å². The molecule has 0 aliphatic carbocycles. The third-order valence-electron chi connectivity index (χ3n) is 2.99. The number of pyridine rings is 1. The second-order valence-corrected chi connectivity index (χ2v) is 4.15. The molecule has 3 aromatic rings. The van der Waals surface area contributed by atoms with Crippen LogP contribution in [0.15, 0.2) is 47.3 Å². The summed E-state index contributed by atoms with van der Waals surface area (Å²) in [5.74, 6) is 1.06. The molecular weight excluding hydrogens is 212 g/mol. The van der Waals surface area contributed by atoms with E-state index in [0.717, 1.165) is 30.7 Å². The third-order valence-corrected chi connectivity index (χ3v) is 2.99. The van der Waals surface area contributed by atoms with Gasteiger partial charge >= 0.3 is 0 Å². The monoisotopic (exact) mass is 226 g/mol. The minimum Gasteiger partial charge on any atom is -0.469 e. The van der Waals surface area contributed by atoms with Gasteiger partial charge in [0.1, 0.15) is 11.4 Å². The Bertz CT molecular complexity index is 596. The highest BCUT2D eigenvalue weighted by Gasteiger charge is 2.04. The van der Waals surface area contributed by atoms with E-state index in [-0.39, 0.29) is 0 Å². The summed E-state index contributed by atoms with van der Waals surface area (Å²) >= 11 is 0. The zero-order valence-electron chi connectivity index (χ0n) is 9.52. The summed E-state index contributed by atoms with van der Waals surface area (Å²) in [5, 5.41) is 1.23. The van der Waals surface area contributed by atoms with E-state index in [1.165, 1.54) is 10.9 Å². The van der Waals surface area contributed by atoms with Crippen molar-refractivity contribution in [1.29, 1.82) is 0 Å². The molecule has 0 amide bonds. The lowest BCUT2D eigenvalue weighted by Crippen LogP contribution is -1.87. The minimum atomic E-state index is 0.973.